The molecule has 7 aromatic carbocycles. The summed E-state index contributed by atoms with van der Waals surface area (Å²) in [7, 11) is 3.02. The predicted molar refractivity (Wildman–Crippen MR) is 390 cm³/mol. The molecule has 8 N–H and O–H groups in total. The van der Waals surface area contributed by atoms with E-state index in [0.717, 1.165) is 5.56 Å². The number of pyridine rings is 3. The van der Waals surface area contributed by atoms with Crippen LogP contribution in [-0.4, -0.2) is 69.6 Å². The minimum atomic E-state index is -1.05. The van der Waals surface area contributed by atoms with Gasteiger partial charge in [-0.15, -0.1) is 0 Å². The fraction of sp³-hybridized carbons (Fsp3) is 0.0870. The molecule has 0 aliphatic rings. The molecular weight excluding hydrogens is 1470 g/mol. The Morgan fingerprint density at radius 2 is 0.755 bits per heavy atom. The Labute approximate surface area is 617 Å². The van der Waals surface area contributed by atoms with Gasteiger partial charge in [-0.25, -0.2) is 38.9 Å². The number of para-hydroxylation sites is 4. The summed E-state index contributed by atoms with van der Waals surface area (Å²) in [6, 6.07) is 51.2. The van der Waals surface area contributed by atoms with Crippen molar-refractivity contribution in [2.45, 2.75) is 26.7 Å². The number of nitrogens with zero attached hydrogens (tertiary/aromatic N) is 6. The van der Waals surface area contributed by atoms with E-state index >= 15 is 0 Å². The van der Waals surface area contributed by atoms with Crippen LogP contribution in [0.3, 0.4) is 0 Å². The smallest absolute Gasteiger partial charge is 0.430 e. The van der Waals surface area contributed by atoms with Gasteiger partial charge >= 0.3 is 30.4 Å². The van der Waals surface area contributed by atoms with Crippen molar-refractivity contribution < 1.29 is 66.8 Å². The predicted octanol–water partition coefficient (Wildman–Crippen LogP) is 17.5. The number of amides is 6. The molecule has 528 valence electrons. The summed E-state index contributed by atoms with van der Waals surface area (Å²) in [5.41, 5.74) is 18.1. The number of nitrogen functional groups attached to an aromatic ring is 2. The van der Waals surface area contributed by atoms with Gasteiger partial charge in [0.05, 0.1) is 26.3 Å². The number of nitro benzene ring substituents is 1. The van der Waals surface area contributed by atoms with Gasteiger partial charge in [-0.05, 0) is 151 Å². The van der Waals surface area contributed by atoms with E-state index in [1.54, 1.807) is 176 Å². The molecule has 0 bridgehead atoms. The first-order valence-corrected chi connectivity index (χ1v) is 31.9. The number of aromatic nitrogens is 3. The Bertz CT molecular complexity index is 4400. The molecule has 0 spiro atoms. The van der Waals surface area contributed by atoms with Crippen molar-refractivity contribution in [3.05, 3.63) is 270 Å². The number of nitro groups is 1. The van der Waals surface area contributed by atoms with Crippen LogP contribution in [0.5, 0.6) is 40.2 Å². The Morgan fingerprint density at radius 3 is 1.08 bits per heavy atom. The molecule has 0 radical (unpaired) electrons. The molecule has 0 unspecified atom stereocenters. The fourth-order valence-corrected chi connectivity index (χ4v) is 9.00. The summed E-state index contributed by atoms with van der Waals surface area (Å²) in [6.45, 7) is 1.47. The fourth-order valence-electron chi connectivity index (χ4n) is 7.79. The van der Waals surface area contributed by atoms with Crippen molar-refractivity contribution in [2.75, 3.05) is 40.7 Å². The van der Waals surface area contributed by atoms with Crippen LogP contribution in [0.4, 0.5) is 58.5 Å². The van der Waals surface area contributed by atoms with Crippen molar-refractivity contribution in [1.82, 2.24) is 20.3 Å². The number of nitrogens with one attached hydrogen (secondary N) is 2. The molecule has 6 amide bonds. The third-order valence-electron chi connectivity index (χ3n) is 12.5. The number of urea groups is 1. The van der Waals surface area contributed by atoms with E-state index < -0.39 is 29.3 Å². The van der Waals surface area contributed by atoms with E-state index in [4.69, 9.17) is 114 Å². The maximum Gasteiger partial charge on any atom is 0.430 e. The van der Waals surface area contributed by atoms with E-state index in [9.17, 15) is 38.9 Å². The molecule has 0 fully saturated rings. The highest BCUT2D eigenvalue weighted by atomic mass is 35.5. The summed E-state index contributed by atoms with van der Waals surface area (Å²) in [5, 5.41) is 16.2. The average Bonchev–Trinajstić information content (AvgIpc) is 0.838. The Balaban J connectivity index is 0.000000238. The van der Waals surface area contributed by atoms with Crippen LogP contribution in [0, 0.1) is 10.1 Å². The molecule has 10 aromatic rings. The van der Waals surface area contributed by atoms with E-state index in [1.807, 2.05) is 0 Å². The number of imide groups is 2. The van der Waals surface area contributed by atoms with E-state index in [2.05, 4.69) is 42.9 Å². The molecule has 3 aromatic heterocycles. The summed E-state index contributed by atoms with van der Waals surface area (Å²) >= 11 is 41.0. The lowest BCUT2D eigenvalue weighted by Gasteiger charge is -2.19. The van der Waals surface area contributed by atoms with Gasteiger partial charge in [-0.2, -0.15) is 9.80 Å². The summed E-state index contributed by atoms with van der Waals surface area (Å²) < 4.78 is 38.5. The molecule has 0 atom stereocenters. The maximum absolute atomic E-state index is 13.0. The van der Waals surface area contributed by atoms with Crippen LogP contribution < -0.4 is 70.8 Å². The Morgan fingerprint density at radius 1 is 0.451 bits per heavy atom. The monoisotopic (exact) mass is 1530 g/mol. The van der Waals surface area contributed by atoms with Gasteiger partial charge in [0.25, 0.3) is 5.69 Å². The number of hydrogen-bond acceptors (Lipinski definition) is 21. The number of halogens is 7. The van der Waals surface area contributed by atoms with E-state index in [1.165, 1.54) is 57.7 Å². The molecule has 0 saturated carbocycles. The first kappa shape index (κ1) is 79.8. The molecule has 0 saturated heterocycles. The first-order valence-electron chi connectivity index (χ1n) is 29.2. The van der Waals surface area contributed by atoms with Crippen LogP contribution in [0.2, 0.25) is 30.1 Å². The topological polar surface area (TPSA) is 357 Å². The molecule has 33 heteroatoms. The van der Waals surface area contributed by atoms with Crippen molar-refractivity contribution in [2.24, 2.45) is 5.73 Å². The van der Waals surface area contributed by atoms with Crippen molar-refractivity contribution in [3.63, 3.8) is 0 Å². The van der Waals surface area contributed by atoms with Gasteiger partial charge < -0.3 is 55.7 Å². The van der Waals surface area contributed by atoms with Crippen LogP contribution in [-0.2, 0) is 24.6 Å². The third kappa shape index (κ3) is 24.6. The number of nitrogens with two attached hydrogens (primary N) is 3. The number of benzene rings is 7. The van der Waals surface area contributed by atoms with Crippen molar-refractivity contribution in [1.29, 1.82) is 0 Å². The van der Waals surface area contributed by atoms with Gasteiger partial charge in [-0.3, -0.25) is 20.2 Å². The van der Waals surface area contributed by atoms with E-state index in [-0.39, 0.29) is 107 Å². The van der Waals surface area contributed by atoms with Gasteiger partial charge in [0.2, 0.25) is 5.24 Å². The largest absolute Gasteiger partial charge is 0.487 e. The number of carbonyl (C=O) groups excluding carboxylic acids is 6. The van der Waals surface area contributed by atoms with Crippen LogP contribution in [0.25, 0.3) is 0 Å². The quantitative estimate of drug-likeness (QED) is 0.0245. The minimum Gasteiger partial charge on any atom is -0.487 e. The van der Waals surface area contributed by atoms with Gasteiger partial charge in [0, 0.05) is 38.6 Å². The molecule has 26 nitrogen and oxygen atoms in total. The lowest BCUT2D eigenvalue weighted by atomic mass is 10.2. The minimum absolute atomic E-state index is 0.0283. The highest BCUT2D eigenvalue weighted by Gasteiger charge is 2.31. The number of ether oxygens (including phenoxy) is 7. The first-order chi connectivity index (χ1) is 49.0. The van der Waals surface area contributed by atoms with Crippen LogP contribution in [0.15, 0.2) is 213 Å². The zero-order valence-corrected chi connectivity index (χ0v) is 58.8. The highest BCUT2D eigenvalue weighted by Crippen LogP contribution is 2.40. The molecule has 0 aliphatic heterocycles. The Kier molecular flexibility index (Phi) is 31.9. The third-order valence-corrected chi connectivity index (χ3v) is 15.1. The van der Waals surface area contributed by atoms with Crippen molar-refractivity contribution >= 4 is 151 Å². The van der Waals surface area contributed by atoms with Gasteiger partial charge in [-0.1, -0.05) is 142 Å². The zero-order chi connectivity index (χ0) is 74.3. The van der Waals surface area contributed by atoms with Crippen molar-refractivity contribution in [3.8, 4) is 40.2 Å². The highest BCUT2D eigenvalue weighted by molar-refractivity contribution is 6.62. The summed E-state index contributed by atoms with van der Waals surface area (Å²) in [6.07, 6.45) is 0.255. The molecule has 102 heavy (non-hydrogen) atoms. The summed E-state index contributed by atoms with van der Waals surface area (Å²) in [4.78, 5) is 96.7. The molecule has 0 aliphatic carbocycles. The lowest BCUT2D eigenvalue weighted by Crippen LogP contribution is -2.41. The van der Waals surface area contributed by atoms with Crippen LogP contribution in [0.1, 0.15) is 23.6 Å². The second kappa shape index (κ2) is 40.8. The van der Waals surface area contributed by atoms with Gasteiger partial charge in [0.1, 0.15) is 97.6 Å². The standard InChI is InChI=1S/C26H17Cl2N3O7.C26H19Cl2N3O5.C14H14Cl2N4O2.C2H3ClO.CH5N/c27-23-20(31(34)35)11-12-21(24(23)28)36-16-17-13-14-29-22(15-17)30(25(32)37-18-7-3-1-4-8-18)26(33)38-19-9-5-2-6-10-19;27-23-20(29)11-12-21(24(23)28)34-16-17-13-14-30-22(15-17)31(25(32)35-18-7-3-1-4-8-18)26(33)36-19-9-5-2-6-10-19;1-18-14(21)20-11-6-8(4-5-19-11)7-22-10-3-2-9(17)12(15)13(10)16;1-2(3)4;1-2/h1-15H,16H2;1-15H,16,29H2;2-6H,7,17H2,1H3,(H2,18,19,20,21);1H3;2H2,1H3. The molecule has 10 rings (SSSR count). The SMILES string of the molecule is CC(=O)Cl.CN.CNC(=O)Nc1cc(COc2ccc(N)c(Cl)c2Cl)ccn1.Nc1ccc(OCc2ccnc(N(C(=O)Oc3ccccc3)C(=O)Oc3ccccc3)c2)c(Cl)c1Cl.O=C(Oc1ccccc1)N(C(=O)Oc1ccccc1)c1cc(COc2ccc([N+](=O)[O-])c(Cl)c2Cl)ccn1. The van der Waals surface area contributed by atoms with Gasteiger partial charge in [0.15, 0.2) is 0 Å². The second-order valence-electron chi connectivity index (χ2n) is 19.6. The van der Waals surface area contributed by atoms with E-state index in [0.29, 0.717) is 49.6 Å². The number of anilines is 5. The molecular formula is C69H58Cl7N11O15. The van der Waals surface area contributed by atoms with Crippen LogP contribution >= 0.6 is 81.2 Å². The average molecular weight is 1530 g/mol. The maximum atomic E-state index is 13.0. The summed E-state index contributed by atoms with van der Waals surface area (Å²) in [5.74, 6) is 2.05. The second-order valence-corrected chi connectivity index (χ2v) is 22.4. The number of hydrogen-bond donors (Lipinski definition) is 5. The lowest BCUT2D eigenvalue weighted by molar-refractivity contribution is -0.384. The number of rotatable bonds is 17. The zero-order valence-electron chi connectivity index (χ0n) is 53.5. The Hall–Kier alpha value is -11.2. The number of carbonyl (C=O) groups is 6. The normalized spacial score (nSPS) is 10.0. The molecule has 3 heterocycles.